The van der Waals surface area contributed by atoms with Gasteiger partial charge >= 0.3 is 0 Å². The SMILES string of the molecule is NC(=O)CNC(=O)C1(O)CC(O)C(O)C(NC(=O)c2cccs2)C1. The van der Waals surface area contributed by atoms with Gasteiger partial charge in [0, 0.05) is 12.8 Å². The summed E-state index contributed by atoms with van der Waals surface area (Å²) in [5, 5.41) is 36.8. The van der Waals surface area contributed by atoms with Crippen molar-refractivity contribution in [3.05, 3.63) is 22.4 Å². The minimum atomic E-state index is -2.04. The maximum Gasteiger partial charge on any atom is 0.261 e. The number of hydrogen-bond acceptors (Lipinski definition) is 7. The van der Waals surface area contributed by atoms with E-state index in [2.05, 4.69) is 10.6 Å². The van der Waals surface area contributed by atoms with Crippen molar-refractivity contribution in [2.75, 3.05) is 6.54 Å². The predicted octanol–water partition coefficient (Wildman–Crippen LogP) is -2.31. The highest BCUT2D eigenvalue weighted by Crippen LogP contribution is 2.30. The number of aliphatic hydroxyl groups excluding tert-OH is 2. The highest BCUT2D eigenvalue weighted by molar-refractivity contribution is 7.12. The van der Waals surface area contributed by atoms with Crippen molar-refractivity contribution >= 4 is 29.1 Å². The van der Waals surface area contributed by atoms with E-state index in [-0.39, 0.29) is 6.42 Å². The Hall–Kier alpha value is -2.01. The average Bonchev–Trinajstić information content (AvgIpc) is 3.04. The molecule has 9 nitrogen and oxygen atoms in total. The van der Waals surface area contributed by atoms with Gasteiger partial charge in [-0.3, -0.25) is 14.4 Å². The second-order valence-electron chi connectivity index (χ2n) is 5.70. The summed E-state index contributed by atoms with van der Waals surface area (Å²) in [7, 11) is 0. The van der Waals surface area contributed by atoms with Crippen LogP contribution in [0.5, 0.6) is 0 Å². The Morgan fingerprint density at radius 2 is 2.04 bits per heavy atom. The van der Waals surface area contributed by atoms with E-state index >= 15 is 0 Å². The summed E-state index contributed by atoms with van der Waals surface area (Å²) in [4.78, 5) is 35.3. The van der Waals surface area contributed by atoms with Gasteiger partial charge in [0.2, 0.25) is 5.91 Å². The van der Waals surface area contributed by atoms with Gasteiger partial charge in [-0.2, -0.15) is 0 Å². The third-order valence-corrected chi connectivity index (χ3v) is 4.69. The minimum absolute atomic E-state index is 0.313. The summed E-state index contributed by atoms with van der Waals surface area (Å²) in [5.41, 5.74) is 2.89. The molecule has 3 amide bonds. The first-order valence-electron chi connectivity index (χ1n) is 7.22. The normalized spacial score (nSPS) is 29.7. The Bertz CT molecular complexity index is 622. The van der Waals surface area contributed by atoms with E-state index in [0.29, 0.717) is 4.88 Å². The van der Waals surface area contributed by atoms with E-state index in [0.717, 1.165) is 0 Å². The quantitative estimate of drug-likeness (QED) is 0.347. The Balaban J connectivity index is 2.09. The van der Waals surface area contributed by atoms with Crippen molar-refractivity contribution in [2.24, 2.45) is 5.73 Å². The molecule has 4 unspecified atom stereocenters. The van der Waals surface area contributed by atoms with Gasteiger partial charge in [-0.25, -0.2) is 0 Å². The zero-order valence-electron chi connectivity index (χ0n) is 12.6. The predicted molar refractivity (Wildman–Crippen MR) is 84.0 cm³/mol. The summed E-state index contributed by atoms with van der Waals surface area (Å²) >= 11 is 1.19. The molecule has 1 aromatic rings. The number of thiophene rings is 1. The molecule has 0 saturated heterocycles. The van der Waals surface area contributed by atoms with Crippen molar-refractivity contribution in [3.8, 4) is 0 Å². The molecule has 4 atom stereocenters. The maximum atomic E-state index is 12.1. The van der Waals surface area contributed by atoms with Crippen LogP contribution >= 0.6 is 11.3 Å². The number of nitrogens with two attached hydrogens (primary N) is 1. The molecule has 0 aromatic carbocycles. The zero-order valence-corrected chi connectivity index (χ0v) is 13.5. The lowest BCUT2D eigenvalue weighted by Crippen LogP contribution is -2.63. The smallest absolute Gasteiger partial charge is 0.261 e. The van der Waals surface area contributed by atoms with E-state index in [1.54, 1.807) is 17.5 Å². The lowest BCUT2D eigenvalue weighted by Gasteiger charge is -2.41. The molecule has 7 N–H and O–H groups in total. The van der Waals surface area contributed by atoms with E-state index in [1.165, 1.54) is 11.3 Å². The van der Waals surface area contributed by atoms with E-state index < -0.39 is 54.5 Å². The molecular weight excluding hydrogens is 338 g/mol. The number of carbonyl (C=O) groups is 3. The highest BCUT2D eigenvalue weighted by Gasteiger charge is 2.49. The van der Waals surface area contributed by atoms with Crippen molar-refractivity contribution < 1.29 is 29.7 Å². The van der Waals surface area contributed by atoms with Crippen LogP contribution in [0.15, 0.2) is 17.5 Å². The van der Waals surface area contributed by atoms with Crippen LogP contribution in [-0.4, -0.2) is 63.4 Å². The van der Waals surface area contributed by atoms with E-state index in [9.17, 15) is 29.7 Å². The fraction of sp³-hybridized carbons (Fsp3) is 0.500. The first kappa shape index (κ1) is 18.3. The van der Waals surface area contributed by atoms with E-state index in [1.807, 2.05) is 0 Å². The fourth-order valence-electron chi connectivity index (χ4n) is 2.60. The van der Waals surface area contributed by atoms with Gasteiger partial charge in [0.15, 0.2) is 0 Å². The highest BCUT2D eigenvalue weighted by atomic mass is 32.1. The molecule has 1 aromatic heterocycles. The van der Waals surface area contributed by atoms with Gasteiger partial charge in [0.1, 0.15) is 11.7 Å². The standard InChI is InChI=1S/C14H19N3O6S/c15-10(19)6-16-13(22)14(23)4-7(11(20)8(18)5-14)17-12(21)9-2-1-3-24-9/h1-3,7-8,11,18,20,23H,4-6H2,(H2,15,19)(H,16,22)(H,17,21). The second kappa shape index (κ2) is 7.26. The Morgan fingerprint density at radius 3 is 2.62 bits per heavy atom. The molecular formula is C14H19N3O6S. The van der Waals surface area contributed by atoms with Gasteiger partial charge in [0.25, 0.3) is 11.8 Å². The van der Waals surface area contributed by atoms with Crippen molar-refractivity contribution in [1.82, 2.24) is 10.6 Å². The van der Waals surface area contributed by atoms with Gasteiger partial charge < -0.3 is 31.7 Å². The molecule has 132 valence electrons. The van der Waals surface area contributed by atoms with Crippen molar-refractivity contribution in [3.63, 3.8) is 0 Å². The monoisotopic (exact) mass is 357 g/mol. The Kier molecular flexibility index (Phi) is 5.54. The molecule has 0 bridgehead atoms. The number of nitrogens with one attached hydrogen (secondary N) is 2. The third-order valence-electron chi connectivity index (χ3n) is 3.82. The lowest BCUT2D eigenvalue weighted by molar-refractivity contribution is -0.158. The Morgan fingerprint density at radius 1 is 1.33 bits per heavy atom. The summed E-state index contributed by atoms with van der Waals surface area (Å²) in [5.74, 6) is -2.17. The van der Waals surface area contributed by atoms with Crippen LogP contribution in [0.1, 0.15) is 22.5 Å². The summed E-state index contributed by atoms with van der Waals surface area (Å²) in [6.07, 6.45) is -3.49. The van der Waals surface area contributed by atoms with Crippen molar-refractivity contribution in [1.29, 1.82) is 0 Å². The summed E-state index contributed by atoms with van der Waals surface area (Å²) < 4.78 is 0. The number of hydrogen-bond donors (Lipinski definition) is 6. The van der Waals surface area contributed by atoms with Gasteiger partial charge in [-0.1, -0.05) is 6.07 Å². The summed E-state index contributed by atoms with van der Waals surface area (Å²) in [6.45, 7) is -0.466. The largest absolute Gasteiger partial charge is 0.390 e. The second-order valence-corrected chi connectivity index (χ2v) is 6.65. The van der Waals surface area contributed by atoms with Gasteiger partial charge in [-0.15, -0.1) is 11.3 Å². The molecule has 1 aliphatic rings. The number of rotatable bonds is 5. The number of amides is 3. The third kappa shape index (κ3) is 4.09. The number of aliphatic hydroxyl groups is 3. The molecule has 0 radical (unpaired) electrons. The molecule has 24 heavy (non-hydrogen) atoms. The fourth-order valence-corrected chi connectivity index (χ4v) is 3.23. The number of primary amides is 1. The number of carbonyl (C=O) groups excluding carboxylic acids is 3. The van der Waals surface area contributed by atoms with Gasteiger partial charge in [-0.05, 0) is 11.4 Å². The van der Waals surface area contributed by atoms with Crippen molar-refractivity contribution in [2.45, 2.75) is 36.7 Å². The zero-order chi connectivity index (χ0) is 17.9. The molecule has 2 rings (SSSR count). The van der Waals surface area contributed by atoms with Crippen LogP contribution in [0, 0.1) is 0 Å². The van der Waals surface area contributed by atoms with Crippen LogP contribution < -0.4 is 16.4 Å². The van der Waals surface area contributed by atoms with E-state index in [4.69, 9.17) is 5.73 Å². The summed E-state index contributed by atoms with van der Waals surface area (Å²) in [6, 6.07) is 2.23. The van der Waals surface area contributed by atoms with Crippen LogP contribution in [0.4, 0.5) is 0 Å². The molecule has 1 fully saturated rings. The first-order chi connectivity index (χ1) is 11.2. The maximum absolute atomic E-state index is 12.1. The molecule has 0 aliphatic heterocycles. The topological polar surface area (TPSA) is 162 Å². The van der Waals surface area contributed by atoms with Crippen LogP contribution in [0.2, 0.25) is 0 Å². The molecule has 1 aliphatic carbocycles. The Labute approximate surface area is 141 Å². The molecule has 10 heteroatoms. The molecule has 1 heterocycles. The van der Waals surface area contributed by atoms with Crippen LogP contribution in [-0.2, 0) is 9.59 Å². The van der Waals surface area contributed by atoms with Crippen LogP contribution in [0.25, 0.3) is 0 Å². The van der Waals surface area contributed by atoms with Crippen LogP contribution in [0.3, 0.4) is 0 Å². The first-order valence-corrected chi connectivity index (χ1v) is 8.10. The lowest BCUT2D eigenvalue weighted by atomic mass is 9.77. The molecule has 1 saturated carbocycles. The van der Waals surface area contributed by atoms with Gasteiger partial charge in [0.05, 0.1) is 23.6 Å². The molecule has 0 spiro atoms. The average molecular weight is 357 g/mol. The minimum Gasteiger partial charge on any atom is -0.390 e.